The van der Waals surface area contributed by atoms with E-state index >= 15 is 0 Å². The number of halogens is 7. The molecule has 0 saturated carbocycles. The first-order valence-electron chi connectivity index (χ1n) is 35.5. The van der Waals surface area contributed by atoms with Crippen LogP contribution in [0.25, 0.3) is 0 Å². The number of rotatable bonds is 22. The van der Waals surface area contributed by atoms with Gasteiger partial charge in [-0.3, -0.25) is 33.9 Å². The first-order valence-corrected chi connectivity index (χ1v) is 37.6. The first kappa shape index (κ1) is 87.6. The van der Waals surface area contributed by atoms with Crippen molar-refractivity contribution in [1.82, 2.24) is 36.0 Å². The molecule has 3 aliphatic rings. The molecule has 7 aromatic rings. The van der Waals surface area contributed by atoms with E-state index in [4.69, 9.17) is 0 Å². The molecule has 13 nitrogen and oxygen atoms in total. The minimum absolute atomic E-state index is 0.00231. The van der Waals surface area contributed by atoms with Crippen molar-refractivity contribution in [2.45, 2.75) is 114 Å². The standard InChI is InChI=1S/C27H39N5O.C19H21F2NO.C12H16FNO.C10H10BrFO.C7H6BrF.C4H10N2.C3H8/c1-4-27(30(2)3,21-22-5-9-24(10-6-22)31-17-13-28-14-18-31)26(33)23-7-11-25(12-8-23)32-19-15-29-16-20-32;1-4-19(22(2)3,13-14-5-9-16(20)10-6-14)18(23)15-7-11-17(21)12-8-15;1-4-11(14(2)3)12(15)9-5-7-10(13)8-6-9;1-2-9(11)10(13)7-3-5-8(12)6-4-7;8-5-6-1-3-7(9)4-2-6;1-2-6-4-3-5-1;1-3-2/h5-12,28-29H,4,13-21H2,1-3H3;5-12H,4,13H2,1-3H3;5-8,11H,4H2,1-3H3;3-6,9H,2H2,1H3;1-4H,5H2;5-6H,1-4H2;3H2,1-2H3. The molecule has 0 spiro atoms. The summed E-state index contributed by atoms with van der Waals surface area (Å²) in [6.45, 7) is 24.9. The lowest BCUT2D eigenvalue weighted by atomic mass is 9.80. The van der Waals surface area contributed by atoms with Crippen molar-refractivity contribution >= 4 is 66.4 Å². The summed E-state index contributed by atoms with van der Waals surface area (Å²) < 4.78 is 63.6. The Hall–Kier alpha value is -6.85. The van der Waals surface area contributed by atoms with Crippen LogP contribution in [0.3, 0.4) is 0 Å². The number of Topliss-reactive ketones (excluding diaryl/α,β-unsaturated/α-hetero) is 4. The van der Waals surface area contributed by atoms with Crippen LogP contribution in [0.4, 0.5) is 33.3 Å². The van der Waals surface area contributed by atoms with Gasteiger partial charge in [0.05, 0.1) is 21.9 Å². The number of carbonyl (C=O) groups is 4. The number of hydrogen-bond donors (Lipinski definition) is 4. The Bertz CT molecular complexity index is 3500. The SMILES string of the molecule is C1CNCCN1.CCC.CCC(Br)C(=O)c1ccc(F)cc1.CCC(C(=O)c1ccc(F)cc1)N(C)C.CCC(Cc1ccc(F)cc1)(C(=O)c1ccc(F)cc1)N(C)C.CCC(Cc1ccc(N2CCNCC2)cc1)(C(=O)c1ccc(N2CCNCC2)cc1)N(C)C.Fc1ccc(CBr)cc1. The van der Waals surface area contributed by atoms with Gasteiger partial charge in [0.15, 0.2) is 23.1 Å². The Morgan fingerprint density at radius 2 is 0.676 bits per heavy atom. The monoisotopic (exact) mass is 1540 g/mol. The number of benzene rings is 7. The molecule has 4 atom stereocenters. The van der Waals surface area contributed by atoms with Gasteiger partial charge in [-0.1, -0.05) is 116 Å². The molecule has 556 valence electrons. The summed E-state index contributed by atoms with van der Waals surface area (Å²) in [4.78, 5) is 60.9. The highest BCUT2D eigenvalue weighted by molar-refractivity contribution is 9.10. The predicted molar refractivity (Wildman–Crippen MR) is 418 cm³/mol. The summed E-state index contributed by atoms with van der Waals surface area (Å²) in [6.07, 6.45) is 5.26. The second-order valence-electron chi connectivity index (χ2n) is 25.9. The molecule has 3 fully saturated rings. The van der Waals surface area contributed by atoms with Crippen molar-refractivity contribution in [3.05, 3.63) is 238 Å². The van der Waals surface area contributed by atoms with E-state index in [-0.39, 0.29) is 63.1 Å². The van der Waals surface area contributed by atoms with Gasteiger partial charge in [0.25, 0.3) is 0 Å². The average molecular weight is 1540 g/mol. The highest BCUT2D eigenvalue weighted by Crippen LogP contribution is 2.31. The van der Waals surface area contributed by atoms with Gasteiger partial charge in [-0.25, -0.2) is 22.0 Å². The fraction of sp³-hybridized carbons (Fsp3) is 0.439. The molecular weight excluding hydrogens is 1430 g/mol. The quantitative estimate of drug-likeness (QED) is 0.0292. The van der Waals surface area contributed by atoms with Gasteiger partial charge in [-0.15, -0.1) is 0 Å². The Morgan fingerprint density at radius 3 is 0.961 bits per heavy atom. The number of hydrogen-bond acceptors (Lipinski definition) is 13. The third-order valence-electron chi connectivity index (χ3n) is 18.0. The Morgan fingerprint density at radius 1 is 0.402 bits per heavy atom. The second kappa shape index (κ2) is 46.8. The number of piperazine rings is 3. The molecule has 0 aromatic heterocycles. The van der Waals surface area contributed by atoms with Crippen molar-refractivity contribution in [2.75, 3.05) is 131 Å². The first-order chi connectivity index (χ1) is 48.9. The summed E-state index contributed by atoms with van der Waals surface area (Å²) in [5.74, 6) is -1.30. The number of carbonyl (C=O) groups excluding carboxylic acids is 4. The second-order valence-corrected chi connectivity index (χ2v) is 27.5. The number of ketones is 4. The molecule has 3 saturated heterocycles. The molecule has 0 aliphatic carbocycles. The third kappa shape index (κ3) is 28.3. The lowest BCUT2D eigenvalue weighted by molar-refractivity contribution is 0.0661. The van der Waals surface area contributed by atoms with E-state index in [0.29, 0.717) is 36.0 Å². The molecule has 7 aromatic carbocycles. The summed E-state index contributed by atoms with van der Waals surface area (Å²) in [6, 6.07) is 46.4. The predicted octanol–water partition coefficient (Wildman–Crippen LogP) is 15.6. The van der Waals surface area contributed by atoms with Gasteiger partial charge >= 0.3 is 0 Å². The number of nitrogens with one attached hydrogen (secondary N) is 4. The Labute approximate surface area is 622 Å². The third-order valence-corrected chi connectivity index (χ3v) is 19.7. The van der Waals surface area contributed by atoms with Crippen LogP contribution in [-0.2, 0) is 18.2 Å². The lowest BCUT2D eigenvalue weighted by Crippen LogP contribution is -2.52. The Balaban J connectivity index is 0.000000278. The molecule has 0 bridgehead atoms. The smallest absolute Gasteiger partial charge is 0.183 e. The van der Waals surface area contributed by atoms with Crippen LogP contribution in [0.1, 0.15) is 132 Å². The van der Waals surface area contributed by atoms with Gasteiger partial charge in [0, 0.05) is 117 Å². The van der Waals surface area contributed by atoms with Crippen LogP contribution in [0.2, 0.25) is 0 Å². The molecule has 102 heavy (non-hydrogen) atoms. The van der Waals surface area contributed by atoms with Crippen molar-refractivity contribution in [3.63, 3.8) is 0 Å². The normalized spacial score (nSPS) is 15.2. The van der Waals surface area contributed by atoms with Gasteiger partial charge in [0.1, 0.15) is 29.1 Å². The molecular formula is C82H110Br2F5N9O4. The van der Waals surface area contributed by atoms with Crippen LogP contribution in [0, 0.1) is 29.1 Å². The zero-order valence-electron chi connectivity index (χ0n) is 62.0. The fourth-order valence-corrected chi connectivity index (χ4v) is 12.4. The van der Waals surface area contributed by atoms with Crippen LogP contribution in [0.5, 0.6) is 0 Å². The number of likely N-dealkylation sites (N-methyl/N-ethyl adjacent to an activating group) is 3. The minimum Gasteiger partial charge on any atom is -0.369 e. The maximum Gasteiger partial charge on any atom is 0.183 e. The summed E-state index contributed by atoms with van der Waals surface area (Å²) in [7, 11) is 11.5. The van der Waals surface area contributed by atoms with E-state index in [1.165, 1.54) is 120 Å². The molecule has 4 unspecified atom stereocenters. The zero-order chi connectivity index (χ0) is 75.2. The van der Waals surface area contributed by atoms with E-state index in [1.54, 1.807) is 24.3 Å². The minimum atomic E-state index is -0.754. The lowest BCUT2D eigenvalue weighted by Gasteiger charge is -2.38. The van der Waals surface area contributed by atoms with Crippen molar-refractivity contribution in [2.24, 2.45) is 0 Å². The average Bonchev–Trinajstić information content (AvgIpc) is 0.791. The van der Waals surface area contributed by atoms with Crippen LogP contribution in [-0.4, -0.2) is 181 Å². The van der Waals surface area contributed by atoms with E-state index in [1.807, 2.05) is 85.0 Å². The van der Waals surface area contributed by atoms with Crippen molar-refractivity contribution in [1.29, 1.82) is 0 Å². The number of nitrogens with zero attached hydrogens (tertiary/aromatic N) is 5. The van der Waals surface area contributed by atoms with E-state index in [2.05, 4.69) is 125 Å². The molecule has 4 N–H and O–H groups in total. The summed E-state index contributed by atoms with van der Waals surface area (Å²) >= 11 is 6.51. The summed E-state index contributed by atoms with van der Waals surface area (Å²) in [5.41, 5.74) is 6.71. The van der Waals surface area contributed by atoms with Crippen LogP contribution < -0.4 is 31.1 Å². The maximum absolute atomic E-state index is 13.9. The van der Waals surface area contributed by atoms with Crippen LogP contribution >= 0.6 is 31.9 Å². The van der Waals surface area contributed by atoms with Gasteiger partial charge in [-0.05, 0) is 231 Å². The molecule has 3 aliphatic heterocycles. The Kier molecular flexibility index (Phi) is 40.2. The van der Waals surface area contributed by atoms with E-state index in [0.717, 1.165) is 120 Å². The van der Waals surface area contributed by atoms with Crippen molar-refractivity contribution in [3.8, 4) is 0 Å². The highest BCUT2D eigenvalue weighted by atomic mass is 79.9. The van der Waals surface area contributed by atoms with Crippen LogP contribution in [0.15, 0.2) is 170 Å². The summed E-state index contributed by atoms with van der Waals surface area (Å²) in [5, 5.41) is 14.0. The number of anilines is 2. The van der Waals surface area contributed by atoms with Crippen molar-refractivity contribution < 1.29 is 41.1 Å². The molecule has 0 radical (unpaired) electrons. The molecule has 20 heteroatoms. The molecule has 0 amide bonds. The largest absolute Gasteiger partial charge is 0.369 e. The molecule has 10 rings (SSSR count). The van der Waals surface area contributed by atoms with Gasteiger partial charge in [-0.2, -0.15) is 0 Å². The topological polar surface area (TPSA) is 133 Å². The van der Waals surface area contributed by atoms with E-state index in [9.17, 15) is 41.1 Å². The van der Waals surface area contributed by atoms with Gasteiger partial charge < -0.3 is 31.1 Å². The fourth-order valence-electron chi connectivity index (χ4n) is 11.7. The highest BCUT2D eigenvalue weighted by Gasteiger charge is 2.41. The molecule has 3 heterocycles. The maximum atomic E-state index is 13.9. The number of alkyl halides is 2. The van der Waals surface area contributed by atoms with Gasteiger partial charge in [0.2, 0.25) is 0 Å². The zero-order valence-corrected chi connectivity index (χ0v) is 65.1. The van der Waals surface area contributed by atoms with E-state index < -0.39 is 11.1 Å².